The smallest absolute Gasteiger partial charge is 0.408 e. The van der Waals surface area contributed by atoms with Crippen molar-refractivity contribution in [3.63, 3.8) is 0 Å². The maximum Gasteiger partial charge on any atom is 0.408 e. The number of likely N-dealkylation sites (tertiary alicyclic amines) is 1. The molecule has 0 radical (unpaired) electrons. The van der Waals surface area contributed by atoms with Crippen molar-refractivity contribution in [2.45, 2.75) is 62.9 Å². The molecule has 0 spiro atoms. The molecule has 2 N–H and O–H groups in total. The van der Waals surface area contributed by atoms with Crippen LogP contribution in [0.25, 0.3) is 11.1 Å². The summed E-state index contributed by atoms with van der Waals surface area (Å²) in [7, 11) is 0. The number of ether oxygens (including phenoxy) is 1. The average molecular weight is 477 g/mol. The average Bonchev–Trinajstić information content (AvgIpc) is 3.41. The van der Waals surface area contributed by atoms with Crippen LogP contribution in [0.3, 0.4) is 0 Å². The number of carbonyl (C=O) groups is 3. The number of carboxylic acid groups (broad SMARTS) is 1. The monoisotopic (exact) mass is 476 g/mol. The van der Waals surface area contributed by atoms with Crippen LogP contribution < -0.4 is 5.32 Å². The number of amides is 2. The molecule has 7 nitrogen and oxygen atoms in total. The number of hydrogen-bond acceptors (Lipinski definition) is 4. The van der Waals surface area contributed by atoms with Crippen LogP contribution in [0.15, 0.2) is 48.5 Å². The van der Waals surface area contributed by atoms with Gasteiger partial charge < -0.3 is 20.1 Å². The van der Waals surface area contributed by atoms with E-state index >= 15 is 0 Å². The molecule has 2 amide bonds. The number of alkyl carbamates (subject to hydrolysis) is 1. The number of benzene rings is 2. The van der Waals surface area contributed by atoms with Crippen LogP contribution in [0.4, 0.5) is 4.79 Å². The summed E-state index contributed by atoms with van der Waals surface area (Å²) in [5.74, 6) is -1.69. The van der Waals surface area contributed by atoms with Crippen LogP contribution in [0, 0.1) is 5.92 Å². The molecule has 0 bridgehead atoms. The van der Waals surface area contributed by atoms with E-state index in [9.17, 15) is 19.5 Å². The lowest BCUT2D eigenvalue weighted by Gasteiger charge is -2.40. The molecule has 3 aliphatic rings. The predicted molar refractivity (Wildman–Crippen MR) is 131 cm³/mol. The van der Waals surface area contributed by atoms with E-state index in [2.05, 4.69) is 29.6 Å². The van der Waals surface area contributed by atoms with Crippen LogP contribution in [0.2, 0.25) is 0 Å². The molecule has 2 fully saturated rings. The van der Waals surface area contributed by atoms with Crippen molar-refractivity contribution in [3.8, 4) is 11.1 Å². The second-order valence-electron chi connectivity index (χ2n) is 10.1. The Kier molecular flexibility index (Phi) is 6.26. The van der Waals surface area contributed by atoms with Crippen LogP contribution in [-0.4, -0.2) is 52.7 Å². The first kappa shape index (κ1) is 23.4. The second-order valence-corrected chi connectivity index (χ2v) is 10.1. The van der Waals surface area contributed by atoms with Gasteiger partial charge in [0.15, 0.2) is 0 Å². The fraction of sp³-hybridized carbons (Fsp3) is 0.464. The number of rotatable bonds is 5. The molecular formula is C28H32N2O5. The van der Waals surface area contributed by atoms with Crippen molar-refractivity contribution in [2.24, 2.45) is 5.92 Å². The predicted octanol–water partition coefficient (Wildman–Crippen LogP) is 4.55. The third-order valence-corrected chi connectivity index (χ3v) is 8.13. The largest absolute Gasteiger partial charge is 0.481 e. The van der Waals surface area contributed by atoms with Gasteiger partial charge in [0, 0.05) is 18.5 Å². The van der Waals surface area contributed by atoms with Gasteiger partial charge in [-0.05, 0) is 48.4 Å². The number of nitrogens with zero attached hydrogens (tertiary/aromatic N) is 1. The lowest BCUT2D eigenvalue weighted by Crippen LogP contribution is -2.61. The van der Waals surface area contributed by atoms with Gasteiger partial charge in [-0.15, -0.1) is 0 Å². The number of hydrogen-bond donors (Lipinski definition) is 2. The summed E-state index contributed by atoms with van der Waals surface area (Å²) in [4.78, 5) is 40.0. The van der Waals surface area contributed by atoms with Gasteiger partial charge in [0.2, 0.25) is 5.91 Å². The minimum atomic E-state index is -1.04. The lowest BCUT2D eigenvalue weighted by molar-refractivity contribution is -0.145. The Labute approximate surface area is 205 Å². The van der Waals surface area contributed by atoms with Crippen LogP contribution in [0.1, 0.15) is 62.5 Å². The highest BCUT2D eigenvalue weighted by molar-refractivity contribution is 5.91. The van der Waals surface area contributed by atoms with E-state index in [1.54, 1.807) is 11.8 Å². The summed E-state index contributed by atoms with van der Waals surface area (Å²) >= 11 is 0. The molecule has 2 aliphatic carbocycles. The molecule has 35 heavy (non-hydrogen) atoms. The molecule has 2 aromatic carbocycles. The minimum Gasteiger partial charge on any atom is -0.481 e. The molecular weight excluding hydrogens is 444 g/mol. The van der Waals surface area contributed by atoms with Crippen molar-refractivity contribution in [1.82, 2.24) is 10.2 Å². The molecule has 0 aromatic heterocycles. The summed E-state index contributed by atoms with van der Waals surface area (Å²) in [5.41, 5.74) is 3.55. The zero-order valence-electron chi connectivity index (χ0n) is 20.0. The second kappa shape index (κ2) is 9.36. The standard InChI is InChI=1S/C28H32N2O5/c1-18-19(25(31)32)13-16-30(18)26(33)28(14-7-2-8-15-28)29-27(34)35-17-24-22-11-5-3-9-20(22)21-10-4-6-12-23(21)24/h3-6,9-12,18-19,24H,2,7-8,13-17H2,1H3,(H,29,34)(H,31,32). The Balaban J connectivity index is 1.31. The van der Waals surface area contributed by atoms with E-state index in [4.69, 9.17) is 4.74 Å². The molecule has 1 aliphatic heterocycles. The Hall–Kier alpha value is -3.35. The Bertz CT molecular complexity index is 1090. The van der Waals surface area contributed by atoms with Gasteiger partial charge in [-0.25, -0.2) is 4.79 Å². The number of fused-ring (bicyclic) bond motifs is 3. The molecule has 1 saturated carbocycles. The van der Waals surface area contributed by atoms with E-state index < -0.39 is 29.6 Å². The summed E-state index contributed by atoms with van der Waals surface area (Å²) < 4.78 is 5.75. The summed E-state index contributed by atoms with van der Waals surface area (Å²) in [6.07, 6.45) is 3.59. The van der Waals surface area contributed by atoms with Crippen molar-refractivity contribution >= 4 is 18.0 Å². The molecule has 7 heteroatoms. The fourth-order valence-corrected chi connectivity index (χ4v) is 6.21. The highest BCUT2D eigenvalue weighted by Crippen LogP contribution is 2.44. The fourth-order valence-electron chi connectivity index (χ4n) is 6.21. The van der Waals surface area contributed by atoms with Crippen LogP contribution in [-0.2, 0) is 14.3 Å². The normalized spacial score (nSPS) is 22.8. The Morgan fingerprint density at radius 1 is 1.00 bits per heavy atom. The number of aliphatic carboxylic acids is 1. The van der Waals surface area contributed by atoms with Gasteiger partial charge in [-0.1, -0.05) is 67.8 Å². The first-order chi connectivity index (χ1) is 16.9. The third-order valence-electron chi connectivity index (χ3n) is 8.13. The maximum atomic E-state index is 13.7. The lowest BCUT2D eigenvalue weighted by atomic mass is 9.80. The topological polar surface area (TPSA) is 95.9 Å². The summed E-state index contributed by atoms with van der Waals surface area (Å²) in [6, 6.07) is 15.9. The van der Waals surface area contributed by atoms with E-state index in [0.717, 1.165) is 41.5 Å². The highest BCUT2D eigenvalue weighted by atomic mass is 16.5. The van der Waals surface area contributed by atoms with Crippen LogP contribution >= 0.6 is 0 Å². The van der Waals surface area contributed by atoms with Gasteiger partial charge in [0.1, 0.15) is 12.1 Å². The maximum absolute atomic E-state index is 13.7. The molecule has 5 rings (SSSR count). The quantitative estimate of drug-likeness (QED) is 0.660. The van der Waals surface area contributed by atoms with E-state index in [1.165, 1.54) is 0 Å². The van der Waals surface area contributed by atoms with E-state index in [-0.39, 0.29) is 18.4 Å². The molecule has 2 atom stereocenters. The highest BCUT2D eigenvalue weighted by Gasteiger charge is 2.48. The molecule has 184 valence electrons. The van der Waals surface area contributed by atoms with Gasteiger partial charge in [-0.3, -0.25) is 9.59 Å². The summed E-state index contributed by atoms with van der Waals surface area (Å²) in [6.45, 7) is 2.37. The zero-order valence-corrected chi connectivity index (χ0v) is 20.0. The number of carbonyl (C=O) groups excluding carboxylic acids is 2. The van der Waals surface area contributed by atoms with Crippen molar-refractivity contribution in [1.29, 1.82) is 0 Å². The van der Waals surface area contributed by atoms with E-state index in [0.29, 0.717) is 25.8 Å². The molecule has 2 aromatic rings. The van der Waals surface area contributed by atoms with Crippen molar-refractivity contribution in [3.05, 3.63) is 59.7 Å². The summed E-state index contributed by atoms with van der Waals surface area (Å²) in [5, 5.41) is 12.4. The van der Waals surface area contributed by atoms with Gasteiger partial charge in [-0.2, -0.15) is 0 Å². The van der Waals surface area contributed by atoms with Gasteiger partial charge in [0.25, 0.3) is 0 Å². The van der Waals surface area contributed by atoms with Gasteiger partial charge >= 0.3 is 12.1 Å². The van der Waals surface area contributed by atoms with Crippen molar-refractivity contribution < 1.29 is 24.2 Å². The van der Waals surface area contributed by atoms with Crippen molar-refractivity contribution in [2.75, 3.05) is 13.2 Å². The number of nitrogens with one attached hydrogen (secondary N) is 1. The van der Waals surface area contributed by atoms with E-state index in [1.807, 2.05) is 24.3 Å². The van der Waals surface area contributed by atoms with Gasteiger partial charge in [0.05, 0.1) is 5.92 Å². The first-order valence-electron chi connectivity index (χ1n) is 12.6. The Morgan fingerprint density at radius 3 is 2.17 bits per heavy atom. The Morgan fingerprint density at radius 2 is 1.60 bits per heavy atom. The van der Waals surface area contributed by atoms with Crippen LogP contribution in [0.5, 0.6) is 0 Å². The molecule has 2 unspecified atom stereocenters. The number of carboxylic acids is 1. The molecule has 1 heterocycles. The zero-order chi connectivity index (χ0) is 24.6. The first-order valence-corrected chi connectivity index (χ1v) is 12.6. The SMILES string of the molecule is CC1C(C(=O)O)CCN1C(=O)C1(NC(=O)OCC2c3ccccc3-c3ccccc32)CCCCC1. The third kappa shape index (κ3) is 4.17. The minimum absolute atomic E-state index is 0.0545. The molecule has 1 saturated heterocycles.